The molecule has 1 atom stereocenters. The van der Waals surface area contributed by atoms with E-state index in [2.05, 4.69) is 10.2 Å². The summed E-state index contributed by atoms with van der Waals surface area (Å²) in [6.45, 7) is 2.74. The Kier molecular flexibility index (Phi) is 5.67. The highest BCUT2D eigenvalue weighted by Gasteiger charge is 2.42. The molecule has 0 aliphatic carbocycles. The molecule has 4 aromatic rings. The number of aromatic nitrogens is 2. The maximum Gasteiger partial charge on any atom is 0.273 e. The second kappa shape index (κ2) is 8.94. The van der Waals surface area contributed by atoms with Crippen LogP contribution in [0.1, 0.15) is 40.1 Å². The van der Waals surface area contributed by atoms with Gasteiger partial charge in [-0.25, -0.2) is 0 Å². The molecule has 1 aliphatic heterocycles. The predicted molar refractivity (Wildman–Crippen MR) is 128 cm³/mol. The van der Waals surface area contributed by atoms with E-state index < -0.39 is 6.04 Å². The van der Waals surface area contributed by atoms with Crippen molar-refractivity contribution in [2.24, 2.45) is 0 Å². The van der Waals surface area contributed by atoms with Gasteiger partial charge in [0.1, 0.15) is 17.1 Å². The number of ether oxygens (including phenoxy) is 1. The fourth-order valence-electron chi connectivity index (χ4n) is 4.52. The number of aromatic hydroxyl groups is 2. The number of hydrogen-bond donors (Lipinski definition) is 3. The lowest BCUT2D eigenvalue weighted by molar-refractivity contribution is 0.0745. The van der Waals surface area contributed by atoms with Gasteiger partial charge in [0.05, 0.1) is 12.6 Å². The summed E-state index contributed by atoms with van der Waals surface area (Å²) < 4.78 is 5.61. The molecular formula is C27H25N3O4. The van der Waals surface area contributed by atoms with E-state index in [0.29, 0.717) is 47.8 Å². The van der Waals surface area contributed by atoms with Crippen LogP contribution in [-0.4, -0.2) is 44.4 Å². The van der Waals surface area contributed by atoms with Gasteiger partial charge in [-0.15, -0.1) is 0 Å². The Morgan fingerprint density at radius 1 is 1.00 bits per heavy atom. The monoisotopic (exact) mass is 455 g/mol. The van der Waals surface area contributed by atoms with Crippen molar-refractivity contribution in [3.63, 3.8) is 0 Å². The first-order valence-corrected chi connectivity index (χ1v) is 11.3. The van der Waals surface area contributed by atoms with Gasteiger partial charge >= 0.3 is 0 Å². The zero-order valence-corrected chi connectivity index (χ0v) is 18.7. The highest BCUT2D eigenvalue weighted by Crippen LogP contribution is 2.45. The van der Waals surface area contributed by atoms with Gasteiger partial charge in [0.15, 0.2) is 11.5 Å². The van der Waals surface area contributed by atoms with Crippen LogP contribution in [0.15, 0.2) is 72.8 Å². The molecule has 0 unspecified atom stereocenters. The van der Waals surface area contributed by atoms with Crippen molar-refractivity contribution in [1.82, 2.24) is 15.1 Å². The van der Waals surface area contributed by atoms with E-state index in [4.69, 9.17) is 4.74 Å². The van der Waals surface area contributed by atoms with E-state index in [1.165, 1.54) is 0 Å². The summed E-state index contributed by atoms with van der Waals surface area (Å²) in [6.07, 6.45) is 0.684. The summed E-state index contributed by atoms with van der Waals surface area (Å²) in [7, 11) is 0. The molecule has 5 rings (SSSR count). The quantitative estimate of drug-likeness (QED) is 0.376. The van der Waals surface area contributed by atoms with Crippen molar-refractivity contribution in [3.05, 3.63) is 95.2 Å². The van der Waals surface area contributed by atoms with Crippen LogP contribution in [0.4, 0.5) is 0 Å². The molecule has 0 saturated heterocycles. The van der Waals surface area contributed by atoms with Crippen LogP contribution >= 0.6 is 0 Å². The van der Waals surface area contributed by atoms with Crippen molar-refractivity contribution in [2.45, 2.75) is 19.4 Å². The Hall–Kier alpha value is -4.26. The number of rotatable bonds is 7. The second-order valence-corrected chi connectivity index (χ2v) is 8.17. The largest absolute Gasteiger partial charge is 0.507 e. The average molecular weight is 456 g/mol. The number of hydrogen-bond acceptors (Lipinski definition) is 5. The summed E-state index contributed by atoms with van der Waals surface area (Å²) in [4.78, 5) is 15.3. The van der Waals surface area contributed by atoms with Crippen LogP contribution in [0.3, 0.4) is 0 Å². The number of carbonyl (C=O) groups is 1. The lowest BCUT2D eigenvalue weighted by Gasteiger charge is -2.27. The van der Waals surface area contributed by atoms with Gasteiger partial charge in [-0.1, -0.05) is 48.5 Å². The Labute approximate surface area is 197 Å². The van der Waals surface area contributed by atoms with Gasteiger partial charge in [0.25, 0.3) is 5.91 Å². The number of nitrogens with zero attached hydrogens (tertiary/aromatic N) is 2. The van der Waals surface area contributed by atoms with Crippen molar-refractivity contribution in [2.75, 3.05) is 13.2 Å². The molecule has 7 nitrogen and oxygen atoms in total. The maximum absolute atomic E-state index is 13.5. The lowest BCUT2D eigenvalue weighted by atomic mass is 9.95. The Balaban J connectivity index is 1.62. The van der Waals surface area contributed by atoms with Gasteiger partial charge in [-0.05, 0) is 48.7 Å². The molecule has 172 valence electrons. The van der Waals surface area contributed by atoms with E-state index in [1.807, 2.05) is 43.3 Å². The summed E-state index contributed by atoms with van der Waals surface area (Å²) in [5, 5.41) is 28.1. The molecule has 0 fully saturated rings. The smallest absolute Gasteiger partial charge is 0.273 e. The van der Waals surface area contributed by atoms with Gasteiger partial charge in [0, 0.05) is 17.7 Å². The molecule has 0 spiro atoms. The number of H-pyrrole nitrogens is 1. The van der Waals surface area contributed by atoms with Crippen LogP contribution in [0.5, 0.6) is 17.2 Å². The minimum atomic E-state index is -0.459. The number of phenols is 2. The van der Waals surface area contributed by atoms with Crippen molar-refractivity contribution < 1.29 is 19.7 Å². The van der Waals surface area contributed by atoms with Crippen LogP contribution in [0, 0.1) is 0 Å². The molecule has 0 radical (unpaired) electrons. The second-order valence-electron chi connectivity index (χ2n) is 8.17. The third-order valence-corrected chi connectivity index (χ3v) is 6.11. The van der Waals surface area contributed by atoms with E-state index in [1.54, 1.807) is 41.3 Å². The van der Waals surface area contributed by atoms with E-state index in [-0.39, 0.29) is 17.4 Å². The molecular weight excluding hydrogens is 430 g/mol. The normalized spacial score (nSPS) is 14.9. The first-order chi connectivity index (χ1) is 16.6. The van der Waals surface area contributed by atoms with Gasteiger partial charge in [0.2, 0.25) is 0 Å². The van der Waals surface area contributed by atoms with Gasteiger partial charge in [-0.2, -0.15) is 5.10 Å². The first-order valence-electron chi connectivity index (χ1n) is 11.3. The number of amides is 1. The number of para-hydroxylation sites is 1. The molecule has 2 heterocycles. The van der Waals surface area contributed by atoms with Gasteiger partial charge < -0.3 is 19.8 Å². The summed E-state index contributed by atoms with van der Waals surface area (Å²) in [6, 6.07) is 21.6. The fraction of sp³-hybridized carbons (Fsp3) is 0.185. The first kappa shape index (κ1) is 21.6. The summed E-state index contributed by atoms with van der Waals surface area (Å²) >= 11 is 0. The lowest BCUT2D eigenvalue weighted by Crippen LogP contribution is -2.31. The van der Waals surface area contributed by atoms with E-state index in [0.717, 1.165) is 11.1 Å². The summed E-state index contributed by atoms with van der Waals surface area (Å²) in [5.74, 6) is 0.332. The maximum atomic E-state index is 13.5. The number of carbonyl (C=O) groups excluding carboxylic acids is 1. The van der Waals surface area contributed by atoms with E-state index >= 15 is 0 Å². The number of benzene rings is 3. The van der Waals surface area contributed by atoms with Crippen LogP contribution in [0.25, 0.3) is 11.3 Å². The number of phenolic OH excluding ortho intramolecular Hbond substituents is 2. The third-order valence-electron chi connectivity index (χ3n) is 6.11. The molecule has 0 bridgehead atoms. The Morgan fingerprint density at radius 2 is 1.76 bits per heavy atom. The standard InChI is InChI=1S/C27H25N3O4/c1-2-34-22-16-18(12-13-21(22)32)26-23-24(19-10-6-7-11-20(19)31)28-29-25(23)27(33)30(26)15-14-17-8-4-3-5-9-17/h3-13,16,26,31-32H,2,14-15H2,1H3,(H,28,29)/t26-/m1/s1. The highest BCUT2D eigenvalue weighted by molar-refractivity contribution is 6.00. The Bertz CT molecular complexity index is 1330. The molecule has 3 N–H and O–H groups in total. The summed E-state index contributed by atoms with van der Waals surface area (Å²) in [5.41, 5.74) is 4.10. The van der Waals surface area contributed by atoms with E-state index in [9.17, 15) is 15.0 Å². The Morgan fingerprint density at radius 3 is 2.53 bits per heavy atom. The molecule has 1 aliphatic rings. The number of fused-ring (bicyclic) bond motifs is 1. The highest BCUT2D eigenvalue weighted by atomic mass is 16.5. The topological polar surface area (TPSA) is 98.7 Å². The molecule has 7 heteroatoms. The molecule has 1 aromatic heterocycles. The fourth-order valence-corrected chi connectivity index (χ4v) is 4.52. The van der Waals surface area contributed by atoms with Crippen molar-refractivity contribution >= 4 is 5.91 Å². The molecule has 34 heavy (non-hydrogen) atoms. The third kappa shape index (κ3) is 3.75. The minimum Gasteiger partial charge on any atom is -0.507 e. The van der Waals surface area contributed by atoms with Crippen molar-refractivity contribution in [3.8, 4) is 28.5 Å². The zero-order chi connectivity index (χ0) is 23.7. The molecule has 1 amide bonds. The van der Waals surface area contributed by atoms with Crippen LogP contribution < -0.4 is 4.74 Å². The molecule has 0 saturated carbocycles. The molecule has 3 aromatic carbocycles. The number of nitrogens with one attached hydrogen (secondary N) is 1. The van der Waals surface area contributed by atoms with Crippen molar-refractivity contribution in [1.29, 1.82) is 0 Å². The number of aromatic amines is 1. The average Bonchev–Trinajstić information content (AvgIpc) is 3.39. The zero-order valence-electron chi connectivity index (χ0n) is 18.7. The SMILES string of the molecule is CCOc1cc([C@@H]2c3c(-c4ccccc4O)n[nH]c3C(=O)N2CCc2ccccc2)ccc1O. The van der Waals surface area contributed by atoms with Crippen LogP contribution in [-0.2, 0) is 6.42 Å². The van der Waals surface area contributed by atoms with Crippen LogP contribution in [0.2, 0.25) is 0 Å². The van der Waals surface area contributed by atoms with Gasteiger partial charge in [-0.3, -0.25) is 9.89 Å². The predicted octanol–water partition coefficient (Wildman–Crippen LogP) is 4.67. The minimum absolute atomic E-state index is 0.0408.